The summed E-state index contributed by atoms with van der Waals surface area (Å²) in [6.45, 7) is 1.11. The van der Waals surface area contributed by atoms with E-state index in [2.05, 4.69) is 0 Å². The Balaban J connectivity index is 1.49. The Bertz CT molecular complexity index is 1010. The van der Waals surface area contributed by atoms with Crippen LogP contribution < -0.4 is 0 Å². The number of amides is 1. The number of thioether (sulfide) groups is 1. The van der Waals surface area contributed by atoms with Gasteiger partial charge in [0.05, 0.1) is 5.75 Å². The molecule has 1 aromatic heterocycles. The number of Topliss-reactive ketones (excluding diaryl/α,β-unsaturated/α-hetero) is 1. The van der Waals surface area contributed by atoms with Gasteiger partial charge in [-0.15, -0.1) is 0 Å². The van der Waals surface area contributed by atoms with E-state index in [0.717, 1.165) is 40.7 Å². The summed E-state index contributed by atoms with van der Waals surface area (Å²) in [6.07, 6.45) is 3.64. The molecule has 4 nitrogen and oxygen atoms in total. The fourth-order valence-electron chi connectivity index (χ4n) is 3.82. The molecule has 0 radical (unpaired) electrons. The van der Waals surface area contributed by atoms with Crippen LogP contribution in [0.25, 0.3) is 10.8 Å². The molecule has 5 heteroatoms. The van der Waals surface area contributed by atoms with Crippen LogP contribution >= 0.6 is 11.8 Å². The average Bonchev–Trinajstić information content (AvgIpc) is 3.21. The van der Waals surface area contributed by atoms with Crippen molar-refractivity contribution in [1.29, 1.82) is 0 Å². The Morgan fingerprint density at radius 1 is 1.11 bits per heavy atom. The Hall–Kier alpha value is -2.53. The molecule has 1 saturated heterocycles. The Morgan fingerprint density at radius 2 is 1.93 bits per heavy atom. The molecule has 1 atom stereocenters. The summed E-state index contributed by atoms with van der Waals surface area (Å²) in [4.78, 5) is 27.6. The van der Waals surface area contributed by atoms with E-state index in [1.807, 2.05) is 54.8 Å². The van der Waals surface area contributed by atoms with Gasteiger partial charge in [0.15, 0.2) is 11.5 Å². The first-order chi connectivity index (χ1) is 13.7. The smallest absolute Gasteiger partial charge is 0.289 e. The molecule has 0 bridgehead atoms. The molecule has 2 heterocycles. The van der Waals surface area contributed by atoms with Crippen LogP contribution in [-0.4, -0.2) is 35.9 Å². The number of nitrogens with zero attached hydrogens (tertiary/aromatic N) is 1. The Labute approximate surface area is 168 Å². The zero-order valence-corrected chi connectivity index (χ0v) is 16.7. The van der Waals surface area contributed by atoms with E-state index in [9.17, 15) is 9.59 Å². The van der Waals surface area contributed by atoms with Gasteiger partial charge in [0, 0.05) is 24.6 Å². The first-order valence-electron chi connectivity index (χ1n) is 9.55. The first-order valence-corrected chi connectivity index (χ1v) is 10.9. The van der Waals surface area contributed by atoms with Crippen molar-refractivity contribution in [1.82, 2.24) is 4.90 Å². The van der Waals surface area contributed by atoms with Gasteiger partial charge >= 0.3 is 0 Å². The fraction of sp³-hybridized carbons (Fsp3) is 0.304. The van der Waals surface area contributed by atoms with Crippen LogP contribution in [0.15, 0.2) is 59.0 Å². The average molecular weight is 394 g/mol. The monoisotopic (exact) mass is 393 g/mol. The topological polar surface area (TPSA) is 50.5 Å². The van der Waals surface area contributed by atoms with Gasteiger partial charge in [-0.2, -0.15) is 11.8 Å². The number of benzene rings is 2. The van der Waals surface area contributed by atoms with Crippen molar-refractivity contribution in [3.05, 3.63) is 71.7 Å². The summed E-state index contributed by atoms with van der Waals surface area (Å²) in [7, 11) is 0. The lowest BCUT2D eigenvalue weighted by atomic mass is 9.89. The van der Waals surface area contributed by atoms with Crippen LogP contribution in [0.5, 0.6) is 0 Å². The lowest BCUT2D eigenvalue weighted by molar-refractivity contribution is 0.0609. The van der Waals surface area contributed by atoms with Gasteiger partial charge in [0.1, 0.15) is 5.76 Å². The lowest BCUT2D eigenvalue weighted by Gasteiger charge is -2.31. The minimum absolute atomic E-state index is 0.116. The molecule has 0 saturated carbocycles. The number of carbonyl (C=O) groups is 2. The van der Waals surface area contributed by atoms with Crippen LogP contribution in [0.2, 0.25) is 0 Å². The third-order valence-corrected chi connectivity index (χ3v) is 5.85. The molecule has 0 aliphatic carbocycles. The van der Waals surface area contributed by atoms with Crippen molar-refractivity contribution in [3.8, 4) is 0 Å². The van der Waals surface area contributed by atoms with E-state index in [-0.39, 0.29) is 17.6 Å². The summed E-state index contributed by atoms with van der Waals surface area (Å²) in [6, 6.07) is 17.5. The molecule has 1 unspecified atom stereocenters. The summed E-state index contributed by atoms with van der Waals surface area (Å²) < 4.78 is 5.67. The van der Waals surface area contributed by atoms with Gasteiger partial charge in [-0.25, -0.2) is 0 Å². The predicted molar refractivity (Wildman–Crippen MR) is 113 cm³/mol. The molecule has 3 aromatic rings. The van der Waals surface area contributed by atoms with E-state index < -0.39 is 0 Å². The molecular formula is C23H23NO3S. The normalized spacial score (nSPS) is 17.0. The third-order valence-electron chi connectivity index (χ3n) is 5.27. The van der Waals surface area contributed by atoms with Gasteiger partial charge in [-0.3, -0.25) is 9.59 Å². The number of furan rings is 1. The van der Waals surface area contributed by atoms with Crippen molar-refractivity contribution >= 4 is 34.2 Å². The van der Waals surface area contributed by atoms with E-state index in [1.165, 1.54) is 0 Å². The number of rotatable bonds is 5. The molecule has 1 amide bonds. The quantitative estimate of drug-likeness (QED) is 0.571. The highest BCUT2D eigenvalue weighted by atomic mass is 32.2. The summed E-state index contributed by atoms with van der Waals surface area (Å²) in [5.74, 6) is 1.74. The highest BCUT2D eigenvalue weighted by Crippen LogP contribution is 2.25. The maximum atomic E-state index is 13.1. The zero-order valence-electron chi connectivity index (χ0n) is 15.9. The van der Waals surface area contributed by atoms with Crippen LogP contribution in [0.4, 0.5) is 0 Å². The molecule has 1 aliphatic rings. The number of hydrogen-bond acceptors (Lipinski definition) is 4. The maximum absolute atomic E-state index is 13.1. The number of fused-ring (bicyclic) bond motifs is 1. The van der Waals surface area contributed by atoms with Gasteiger partial charge < -0.3 is 9.32 Å². The largest absolute Gasteiger partial charge is 0.455 e. The first kappa shape index (κ1) is 18.8. The molecular weight excluding hydrogens is 370 g/mol. The van der Waals surface area contributed by atoms with Crippen LogP contribution in [-0.2, 0) is 5.75 Å². The van der Waals surface area contributed by atoms with Gasteiger partial charge in [-0.05, 0) is 48.1 Å². The minimum Gasteiger partial charge on any atom is -0.455 e. The van der Waals surface area contributed by atoms with E-state index in [0.29, 0.717) is 18.8 Å². The van der Waals surface area contributed by atoms with Gasteiger partial charge in [0.25, 0.3) is 5.91 Å². The molecule has 144 valence electrons. The summed E-state index contributed by atoms with van der Waals surface area (Å²) >= 11 is 1.65. The minimum atomic E-state index is -0.167. The molecule has 4 rings (SSSR count). The van der Waals surface area contributed by atoms with E-state index >= 15 is 0 Å². The second-order valence-electron chi connectivity index (χ2n) is 7.22. The summed E-state index contributed by atoms with van der Waals surface area (Å²) in [5, 5.41) is 2.19. The highest BCUT2D eigenvalue weighted by Gasteiger charge is 2.30. The van der Waals surface area contributed by atoms with Crippen LogP contribution in [0.3, 0.4) is 0 Å². The molecule has 1 aliphatic heterocycles. The second-order valence-corrected chi connectivity index (χ2v) is 8.08. The lowest BCUT2D eigenvalue weighted by Crippen LogP contribution is -2.42. The number of carbonyl (C=O) groups excluding carboxylic acids is 2. The maximum Gasteiger partial charge on any atom is 0.289 e. The SMILES string of the molecule is CSCc1ccc(C(=O)N2CCCC(C(=O)c3ccc4ccccc4c3)C2)o1. The Kier molecular flexibility index (Phi) is 5.53. The van der Waals surface area contributed by atoms with Crippen molar-refractivity contribution in [2.24, 2.45) is 5.92 Å². The molecule has 0 spiro atoms. The van der Waals surface area contributed by atoms with Crippen LogP contribution in [0.1, 0.15) is 39.5 Å². The number of hydrogen-bond donors (Lipinski definition) is 0. The van der Waals surface area contributed by atoms with Crippen molar-refractivity contribution in [2.45, 2.75) is 18.6 Å². The van der Waals surface area contributed by atoms with Crippen molar-refractivity contribution in [2.75, 3.05) is 19.3 Å². The summed E-state index contributed by atoms with van der Waals surface area (Å²) in [5.41, 5.74) is 0.721. The van der Waals surface area contributed by atoms with Crippen molar-refractivity contribution in [3.63, 3.8) is 0 Å². The molecule has 0 N–H and O–H groups in total. The van der Waals surface area contributed by atoms with Gasteiger partial charge in [0.2, 0.25) is 0 Å². The van der Waals surface area contributed by atoms with E-state index in [1.54, 1.807) is 22.7 Å². The number of likely N-dealkylation sites (tertiary alicyclic amines) is 1. The Morgan fingerprint density at radius 3 is 2.75 bits per heavy atom. The second kappa shape index (κ2) is 8.23. The number of ketones is 1. The number of piperidine rings is 1. The fourth-order valence-corrected chi connectivity index (χ4v) is 4.26. The molecule has 28 heavy (non-hydrogen) atoms. The van der Waals surface area contributed by atoms with Crippen LogP contribution in [0, 0.1) is 5.92 Å². The van der Waals surface area contributed by atoms with Gasteiger partial charge in [-0.1, -0.05) is 36.4 Å². The third kappa shape index (κ3) is 3.85. The predicted octanol–water partition coefficient (Wildman–Crippen LogP) is 5.03. The van der Waals surface area contributed by atoms with E-state index in [4.69, 9.17) is 4.42 Å². The standard InChI is InChI=1S/C23H23NO3S/c1-28-15-20-10-11-21(27-20)23(26)24-12-4-7-19(14-24)22(25)18-9-8-16-5-2-3-6-17(16)13-18/h2-3,5-6,8-11,13,19H,4,7,12,14-15H2,1H3. The van der Waals surface area contributed by atoms with Crippen molar-refractivity contribution < 1.29 is 14.0 Å². The zero-order chi connectivity index (χ0) is 19.5. The highest BCUT2D eigenvalue weighted by molar-refractivity contribution is 7.97. The molecule has 2 aromatic carbocycles. The molecule has 1 fully saturated rings.